The van der Waals surface area contributed by atoms with Gasteiger partial charge in [0.05, 0.1) is 16.9 Å². The van der Waals surface area contributed by atoms with Crippen LogP contribution in [0, 0.1) is 56.7 Å². The van der Waals surface area contributed by atoms with Crippen LogP contribution in [-0.2, 0) is 9.59 Å². The minimum Gasteiger partial charge on any atom is -0.481 e. The number of allylic oxidation sites excluding steroid dienone is 1. The Morgan fingerprint density at radius 1 is 0.857 bits per heavy atom. The van der Waals surface area contributed by atoms with Crippen molar-refractivity contribution < 1.29 is 24.9 Å². The summed E-state index contributed by atoms with van der Waals surface area (Å²) in [6.45, 7) is 13.4. The minimum absolute atomic E-state index is 0.0347. The van der Waals surface area contributed by atoms with Gasteiger partial charge >= 0.3 is 11.9 Å². The van der Waals surface area contributed by atoms with E-state index in [9.17, 15) is 24.9 Å². The summed E-state index contributed by atoms with van der Waals surface area (Å²) in [4.78, 5) is 26.3. The van der Waals surface area contributed by atoms with Gasteiger partial charge in [0.1, 0.15) is 0 Å². The quantitative estimate of drug-likeness (QED) is 0.407. The summed E-state index contributed by atoms with van der Waals surface area (Å²) < 4.78 is 0. The number of aliphatic hydroxyl groups excluding tert-OH is 1. The molecule has 5 rings (SSSR count). The zero-order valence-electron chi connectivity index (χ0n) is 22.6. The normalized spacial score (nSPS) is 52.7. The van der Waals surface area contributed by atoms with Gasteiger partial charge in [0.2, 0.25) is 0 Å². The van der Waals surface area contributed by atoms with E-state index < -0.39 is 28.2 Å². The fourth-order valence-electron chi connectivity index (χ4n) is 11.0. The van der Waals surface area contributed by atoms with Crippen molar-refractivity contribution in [3.63, 3.8) is 0 Å². The highest BCUT2D eigenvalue weighted by Gasteiger charge is 2.73. The molecule has 0 spiro atoms. The molecular weight excluding hydrogens is 440 g/mol. The zero-order chi connectivity index (χ0) is 25.8. The lowest BCUT2D eigenvalue weighted by molar-refractivity contribution is -0.216. The molecule has 1 unspecified atom stereocenters. The smallest absolute Gasteiger partial charge is 0.314 e. The van der Waals surface area contributed by atoms with Gasteiger partial charge in [0.25, 0.3) is 0 Å². The Labute approximate surface area is 210 Å². The van der Waals surface area contributed by atoms with Crippen molar-refractivity contribution in [1.82, 2.24) is 0 Å². The van der Waals surface area contributed by atoms with E-state index >= 15 is 0 Å². The standard InChI is InChI=1S/C30H46O5/c1-17-9-14-29(24(32)33)15-16-30(25(34)35)19(23(29)18(17)2)7-8-21-27(5)12-11-22(31)26(3,4)20(27)10-13-28(21,30)6/h7,17-18,20-23,31H,8-16H2,1-6H3,(H,32,33)(H,34,35)/t17-,18+,20?,21-,22+,23+,27+,28-,29+,30-/m1/s1. The third kappa shape index (κ3) is 2.85. The molecule has 4 saturated carbocycles. The third-order valence-electron chi connectivity index (χ3n) is 13.2. The van der Waals surface area contributed by atoms with Crippen molar-refractivity contribution in [1.29, 1.82) is 0 Å². The molecule has 0 amide bonds. The molecule has 35 heavy (non-hydrogen) atoms. The number of carboxylic acids is 2. The van der Waals surface area contributed by atoms with Gasteiger partial charge in [-0.3, -0.25) is 9.59 Å². The molecule has 0 aromatic rings. The van der Waals surface area contributed by atoms with Crippen LogP contribution in [0.1, 0.15) is 99.3 Å². The van der Waals surface area contributed by atoms with E-state index in [1.54, 1.807) is 0 Å². The van der Waals surface area contributed by atoms with E-state index in [1.165, 1.54) is 0 Å². The summed E-state index contributed by atoms with van der Waals surface area (Å²) in [6, 6.07) is 0. The summed E-state index contributed by atoms with van der Waals surface area (Å²) in [5, 5.41) is 32.5. The lowest BCUT2D eigenvalue weighted by Gasteiger charge is -2.70. The summed E-state index contributed by atoms with van der Waals surface area (Å²) in [7, 11) is 0. The number of rotatable bonds is 2. The maximum absolute atomic E-state index is 13.5. The molecule has 0 bridgehead atoms. The van der Waals surface area contributed by atoms with Gasteiger partial charge in [0, 0.05) is 0 Å². The summed E-state index contributed by atoms with van der Waals surface area (Å²) >= 11 is 0. The van der Waals surface area contributed by atoms with E-state index in [-0.39, 0.29) is 34.7 Å². The molecule has 4 fully saturated rings. The first-order valence-corrected chi connectivity index (χ1v) is 14.1. The van der Waals surface area contributed by atoms with Crippen molar-refractivity contribution in [3.05, 3.63) is 11.6 Å². The number of hydrogen-bond acceptors (Lipinski definition) is 3. The highest BCUT2D eigenvalue weighted by molar-refractivity contribution is 5.84. The highest BCUT2D eigenvalue weighted by atomic mass is 16.4. The Hall–Kier alpha value is -1.36. The number of hydrogen-bond donors (Lipinski definition) is 3. The van der Waals surface area contributed by atoms with Crippen LogP contribution in [0.2, 0.25) is 0 Å². The highest BCUT2D eigenvalue weighted by Crippen LogP contribution is 2.75. The van der Waals surface area contributed by atoms with Crippen LogP contribution < -0.4 is 0 Å². The van der Waals surface area contributed by atoms with E-state index in [0.29, 0.717) is 31.1 Å². The van der Waals surface area contributed by atoms with Gasteiger partial charge in [-0.2, -0.15) is 0 Å². The van der Waals surface area contributed by atoms with Crippen LogP contribution >= 0.6 is 0 Å². The largest absolute Gasteiger partial charge is 0.481 e. The molecule has 0 aromatic carbocycles. The number of carbonyl (C=O) groups is 2. The van der Waals surface area contributed by atoms with Crippen molar-refractivity contribution in [2.75, 3.05) is 0 Å². The third-order valence-corrected chi connectivity index (χ3v) is 13.2. The fourth-order valence-corrected chi connectivity index (χ4v) is 11.0. The number of aliphatic hydroxyl groups is 1. The first-order valence-electron chi connectivity index (χ1n) is 14.1. The fraction of sp³-hybridized carbons (Fsp3) is 0.867. The second-order valence-corrected chi connectivity index (χ2v) is 14.4. The van der Waals surface area contributed by atoms with Crippen molar-refractivity contribution in [2.24, 2.45) is 56.7 Å². The molecule has 5 nitrogen and oxygen atoms in total. The second-order valence-electron chi connectivity index (χ2n) is 14.4. The lowest BCUT2D eigenvalue weighted by atomic mass is 9.33. The van der Waals surface area contributed by atoms with Gasteiger partial charge < -0.3 is 15.3 Å². The number of carboxylic acid groups (broad SMARTS) is 2. The lowest BCUT2D eigenvalue weighted by Crippen LogP contribution is -2.67. The van der Waals surface area contributed by atoms with Crippen LogP contribution in [0.4, 0.5) is 0 Å². The maximum Gasteiger partial charge on any atom is 0.314 e. The SMILES string of the molecule is C[C@H]1[C@H](C)CC[C@]2(C(=O)O)CC[C@]3(C(=O)O)C(=CC[C@@H]4[C@@]5(C)CC[C@H](O)C(C)(C)C5CC[C@]43C)[C@H]12. The van der Waals surface area contributed by atoms with Crippen LogP contribution in [0.5, 0.6) is 0 Å². The Kier molecular flexibility index (Phi) is 5.48. The summed E-state index contributed by atoms with van der Waals surface area (Å²) in [6.07, 6.45) is 8.62. The monoisotopic (exact) mass is 486 g/mol. The molecule has 5 aliphatic rings. The first kappa shape index (κ1) is 25.3. The van der Waals surface area contributed by atoms with Crippen molar-refractivity contribution >= 4 is 11.9 Å². The van der Waals surface area contributed by atoms with Gasteiger partial charge in [-0.1, -0.05) is 53.2 Å². The molecular formula is C30H46O5. The van der Waals surface area contributed by atoms with Gasteiger partial charge in [-0.25, -0.2) is 0 Å². The molecule has 10 atom stereocenters. The Morgan fingerprint density at radius 2 is 1.54 bits per heavy atom. The molecule has 0 aromatic heterocycles. The second kappa shape index (κ2) is 7.58. The van der Waals surface area contributed by atoms with Gasteiger partial charge in [-0.15, -0.1) is 0 Å². The number of aliphatic carboxylic acids is 2. The first-order chi connectivity index (χ1) is 16.2. The van der Waals surface area contributed by atoms with E-state index in [0.717, 1.165) is 44.1 Å². The van der Waals surface area contributed by atoms with Crippen molar-refractivity contribution in [3.8, 4) is 0 Å². The molecule has 5 heteroatoms. The maximum atomic E-state index is 13.5. The van der Waals surface area contributed by atoms with Gasteiger partial charge in [0.15, 0.2) is 0 Å². The van der Waals surface area contributed by atoms with Crippen LogP contribution in [0.15, 0.2) is 11.6 Å². The molecule has 196 valence electrons. The molecule has 0 heterocycles. The number of fused-ring (bicyclic) bond motifs is 7. The predicted molar refractivity (Wildman–Crippen MR) is 135 cm³/mol. The Balaban J connectivity index is 1.68. The molecule has 0 aliphatic heterocycles. The average molecular weight is 487 g/mol. The molecule has 0 radical (unpaired) electrons. The molecule has 0 saturated heterocycles. The minimum atomic E-state index is -1.00. The summed E-state index contributed by atoms with van der Waals surface area (Å²) in [5.41, 5.74) is -1.53. The van der Waals surface area contributed by atoms with E-state index in [4.69, 9.17) is 0 Å². The average Bonchev–Trinajstić information content (AvgIpc) is 2.78. The van der Waals surface area contributed by atoms with Crippen LogP contribution in [-0.4, -0.2) is 33.4 Å². The van der Waals surface area contributed by atoms with Crippen LogP contribution in [0.25, 0.3) is 0 Å². The zero-order valence-corrected chi connectivity index (χ0v) is 22.6. The summed E-state index contributed by atoms with van der Waals surface area (Å²) in [5.74, 6) is -0.563. The van der Waals surface area contributed by atoms with E-state index in [2.05, 4.69) is 47.6 Å². The van der Waals surface area contributed by atoms with Crippen molar-refractivity contribution in [2.45, 2.75) is 105 Å². The molecule has 3 N–H and O–H groups in total. The van der Waals surface area contributed by atoms with Gasteiger partial charge in [-0.05, 0) is 104 Å². The Morgan fingerprint density at radius 3 is 2.17 bits per heavy atom. The predicted octanol–water partition coefficient (Wildman–Crippen LogP) is 6.15. The van der Waals surface area contributed by atoms with E-state index in [1.807, 2.05) is 0 Å². The topological polar surface area (TPSA) is 94.8 Å². The van der Waals surface area contributed by atoms with Crippen LogP contribution in [0.3, 0.4) is 0 Å². The Bertz CT molecular complexity index is 968. The molecule has 5 aliphatic carbocycles.